The highest BCUT2D eigenvalue weighted by Gasteiger charge is 2.33. The highest BCUT2D eigenvalue weighted by molar-refractivity contribution is 6.23. The van der Waals surface area contributed by atoms with Crippen LogP contribution in [0.3, 0.4) is 0 Å². The van der Waals surface area contributed by atoms with Crippen LogP contribution in [0.5, 0.6) is 0 Å². The summed E-state index contributed by atoms with van der Waals surface area (Å²) in [6.45, 7) is -2.35. The van der Waals surface area contributed by atoms with E-state index in [0.717, 1.165) is 0 Å². The summed E-state index contributed by atoms with van der Waals surface area (Å²) in [4.78, 5) is 21.5. The van der Waals surface area contributed by atoms with Gasteiger partial charge < -0.3 is 25.2 Å². The van der Waals surface area contributed by atoms with Crippen LogP contribution in [0.2, 0.25) is 5.82 Å². The molecule has 0 aliphatic carbocycles. The topological polar surface area (TPSA) is 124 Å². The summed E-state index contributed by atoms with van der Waals surface area (Å²) in [7, 11) is 5.07. The van der Waals surface area contributed by atoms with Crippen molar-refractivity contribution in [3.63, 3.8) is 0 Å². The number of esters is 1. The molecule has 8 heteroatoms. The molecule has 0 amide bonds. The van der Waals surface area contributed by atoms with Crippen LogP contribution in [0.25, 0.3) is 0 Å². The number of carbonyl (C=O) groups excluding carboxylic acids is 1. The summed E-state index contributed by atoms with van der Waals surface area (Å²) in [6.07, 6.45) is -0.614. The zero-order chi connectivity index (χ0) is 12.8. The van der Waals surface area contributed by atoms with Crippen molar-refractivity contribution in [3.8, 4) is 0 Å². The Morgan fingerprint density at radius 1 is 1.19 bits per heavy atom. The van der Waals surface area contributed by atoms with Gasteiger partial charge in [-0.1, -0.05) is 0 Å². The second-order valence-electron chi connectivity index (χ2n) is 3.28. The second kappa shape index (κ2) is 6.46. The van der Waals surface area contributed by atoms with E-state index < -0.39 is 49.6 Å². The number of carbonyl (C=O) groups is 2. The quantitative estimate of drug-likeness (QED) is 0.286. The highest BCUT2D eigenvalue weighted by atomic mass is 16.6. The van der Waals surface area contributed by atoms with Crippen LogP contribution in [-0.4, -0.2) is 65.6 Å². The highest BCUT2D eigenvalue weighted by Crippen LogP contribution is 2.14. The number of carboxylic acids is 1. The maximum Gasteiger partial charge on any atom is 0.306 e. The summed E-state index contributed by atoms with van der Waals surface area (Å²) in [6, 6.07) is 0. The Morgan fingerprint density at radius 3 is 1.94 bits per heavy atom. The van der Waals surface area contributed by atoms with E-state index in [9.17, 15) is 9.59 Å². The first-order valence-electron chi connectivity index (χ1n) is 4.43. The molecule has 0 heterocycles. The second-order valence-corrected chi connectivity index (χ2v) is 3.28. The van der Waals surface area contributed by atoms with Gasteiger partial charge in [-0.25, -0.2) is 0 Å². The first kappa shape index (κ1) is 14.9. The van der Waals surface area contributed by atoms with E-state index in [1.165, 1.54) is 0 Å². The van der Waals surface area contributed by atoms with Gasteiger partial charge in [-0.2, -0.15) is 0 Å². The molecule has 0 saturated heterocycles. The maximum atomic E-state index is 11.2. The molecular weight excluding hydrogens is 219 g/mol. The van der Waals surface area contributed by atoms with Gasteiger partial charge in [-0.15, -0.1) is 0 Å². The minimum atomic E-state index is -1.81. The molecule has 1 unspecified atom stereocenters. The van der Waals surface area contributed by atoms with Crippen molar-refractivity contribution in [3.05, 3.63) is 0 Å². The first-order chi connectivity index (χ1) is 7.40. The van der Waals surface area contributed by atoms with Gasteiger partial charge >= 0.3 is 5.97 Å². The Bertz CT molecular complexity index is 243. The molecule has 0 spiro atoms. The Hall–Kier alpha value is -1.12. The van der Waals surface area contributed by atoms with Gasteiger partial charge in [0.15, 0.2) is 5.60 Å². The van der Waals surface area contributed by atoms with Crippen LogP contribution in [0.4, 0.5) is 0 Å². The third-order valence-electron chi connectivity index (χ3n) is 1.90. The van der Waals surface area contributed by atoms with Gasteiger partial charge in [0.1, 0.15) is 0 Å². The average Bonchev–Trinajstić information content (AvgIpc) is 2.26. The molecule has 0 aliphatic rings. The Labute approximate surface area is 93.1 Å². The van der Waals surface area contributed by atoms with Crippen LogP contribution in [0, 0.1) is 0 Å². The van der Waals surface area contributed by atoms with Gasteiger partial charge in [-0.05, 0) is 0 Å². The fraction of sp³-hybridized carbons (Fsp3) is 0.750. The predicted octanol–water partition coefficient (Wildman–Crippen LogP) is -2.32. The molecule has 0 bridgehead atoms. The molecule has 2 radical (unpaired) electrons. The van der Waals surface area contributed by atoms with Crippen LogP contribution in [0.1, 0.15) is 6.42 Å². The monoisotopic (exact) mass is 232 g/mol. The summed E-state index contributed by atoms with van der Waals surface area (Å²) < 4.78 is 4.57. The van der Waals surface area contributed by atoms with Crippen molar-refractivity contribution in [1.29, 1.82) is 0 Å². The minimum Gasteiger partial charge on any atom is -0.482 e. The zero-order valence-corrected chi connectivity index (χ0v) is 8.50. The lowest BCUT2D eigenvalue weighted by Gasteiger charge is -2.27. The number of aliphatic carboxylic acids is 1. The lowest BCUT2D eigenvalue weighted by Crippen LogP contribution is -2.46. The van der Waals surface area contributed by atoms with E-state index >= 15 is 0 Å². The first-order valence-corrected chi connectivity index (χ1v) is 4.43. The number of aliphatic hydroxyl groups excluding tert-OH is 3. The van der Waals surface area contributed by atoms with Crippen LogP contribution in [-0.2, 0) is 14.3 Å². The third-order valence-corrected chi connectivity index (χ3v) is 1.90. The summed E-state index contributed by atoms with van der Waals surface area (Å²) in [5, 5.41) is 34.9. The molecule has 16 heavy (non-hydrogen) atoms. The minimum absolute atomic E-state index is 0.614. The number of ether oxygens (including phenoxy) is 1. The maximum absolute atomic E-state index is 11.2. The van der Waals surface area contributed by atoms with Crippen LogP contribution >= 0.6 is 0 Å². The standard InChI is InChI=1S/C8H13BO7/c9-5(7(14)15)1-6(13)16-8(2-10,3-11)4-12/h5,10-12H,1-4H2,(H,14,15). The molecule has 0 aromatic rings. The van der Waals surface area contributed by atoms with Crippen molar-refractivity contribution in [2.24, 2.45) is 0 Å². The number of rotatable bonds is 7. The summed E-state index contributed by atoms with van der Waals surface area (Å²) >= 11 is 0. The van der Waals surface area contributed by atoms with Crippen molar-refractivity contribution >= 4 is 19.8 Å². The Kier molecular flexibility index (Phi) is 6.01. The molecule has 0 rings (SSSR count). The summed E-state index contributed by atoms with van der Waals surface area (Å²) in [5.74, 6) is -3.83. The van der Waals surface area contributed by atoms with Crippen molar-refractivity contribution in [1.82, 2.24) is 0 Å². The van der Waals surface area contributed by atoms with E-state index in [1.807, 2.05) is 0 Å². The number of carboxylic acid groups (broad SMARTS) is 1. The lowest BCUT2D eigenvalue weighted by atomic mass is 9.85. The molecule has 0 saturated carbocycles. The van der Waals surface area contributed by atoms with Gasteiger partial charge in [0.25, 0.3) is 5.97 Å². The van der Waals surface area contributed by atoms with Crippen LogP contribution in [0.15, 0.2) is 0 Å². The van der Waals surface area contributed by atoms with Gasteiger partial charge in [-0.3, -0.25) is 9.59 Å². The molecule has 0 aromatic heterocycles. The molecule has 0 fully saturated rings. The van der Waals surface area contributed by atoms with E-state index in [0.29, 0.717) is 0 Å². The summed E-state index contributed by atoms with van der Waals surface area (Å²) in [5.41, 5.74) is -1.81. The Morgan fingerprint density at radius 2 is 1.62 bits per heavy atom. The van der Waals surface area contributed by atoms with Gasteiger partial charge in [0.2, 0.25) is 0 Å². The van der Waals surface area contributed by atoms with Gasteiger partial charge in [0.05, 0.1) is 34.1 Å². The molecule has 0 aromatic carbocycles. The van der Waals surface area contributed by atoms with Crippen molar-refractivity contribution < 1.29 is 34.8 Å². The van der Waals surface area contributed by atoms with Crippen molar-refractivity contribution in [2.45, 2.75) is 17.8 Å². The molecule has 7 nitrogen and oxygen atoms in total. The predicted molar refractivity (Wildman–Crippen MR) is 51.8 cm³/mol. The van der Waals surface area contributed by atoms with Gasteiger partial charge in [0, 0.05) is 5.82 Å². The van der Waals surface area contributed by atoms with E-state index in [-0.39, 0.29) is 0 Å². The number of aliphatic hydroxyl groups is 3. The number of hydrogen-bond donors (Lipinski definition) is 4. The Balaban J connectivity index is 4.36. The molecular formula is C8H13BO7. The third kappa shape index (κ3) is 4.17. The number of hydrogen-bond acceptors (Lipinski definition) is 6. The lowest BCUT2D eigenvalue weighted by molar-refractivity contribution is -0.177. The zero-order valence-electron chi connectivity index (χ0n) is 8.50. The molecule has 4 N–H and O–H groups in total. The molecule has 1 atom stereocenters. The normalized spacial score (nSPS) is 13.2. The largest absolute Gasteiger partial charge is 0.482 e. The van der Waals surface area contributed by atoms with E-state index in [4.69, 9.17) is 28.3 Å². The van der Waals surface area contributed by atoms with Crippen molar-refractivity contribution in [2.75, 3.05) is 19.8 Å². The molecule has 90 valence electrons. The van der Waals surface area contributed by atoms with Crippen LogP contribution < -0.4 is 0 Å². The fourth-order valence-electron chi connectivity index (χ4n) is 0.797. The average molecular weight is 232 g/mol. The van der Waals surface area contributed by atoms with E-state index in [2.05, 4.69) is 4.74 Å². The van der Waals surface area contributed by atoms with E-state index in [1.54, 1.807) is 0 Å². The SMILES string of the molecule is [B]C(CC(=O)OC(CO)(CO)CO)C(=O)O. The molecule has 0 aliphatic heterocycles. The fourth-order valence-corrected chi connectivity index (χ4v) is 0.797. The smallest absolute Gasteiger partial charge is 0.306 e.